The fourth-order valence-corrected chi connectivity index (χ4v) is 5.94. The van der Waals surface area contributed by atoms with Gasteiger partial charge in [0.15, 0.2) is 0 Å². The van der Waals surface area contributed by atoms with E-state index in [0.717, 1.165) is 63.2 Å². The highest BCUT2D eigenvalue weighted by Crippen LogP contribution is 2.34. The third kappa shape index (κ3) is 9.60. The van der Waals surface area contributed by atoms with E-state index in [-0.39, 0.29) is 59.2 Å². The normalized spacial score (nSPS) is 22.3. The molecule has 0 saturated carbocycles. The Morgan fingerprint density at radius 2 is 1.00 bits per heavy atom. The molecule has 2 fully saturated rings. The molecule has 2 unspecified atom stereocenters. The van der Waals surface area contributed by atoms with Crippen molar-refractivity contribution in [2.24, 2.45) is 22.7 Å². The zero-order valence-electron chi connectivity index (χ0n) is 26.9. The smallest absolute Gasteiger partial charge is 0.253 e. The minimum Gasteiger partial charge on any atom is -0.342 e. The van der Waals surface area contributed by atoms with Gasteiger partial charge in [-0.2, -0.15) is 0 Å². The molecule has 6 amide bonds. The van der Waals surface area contributed by atoms with Gasteiger partial charge >= 0.3 is 0 Å². The summed E-state index contributed by atoms with van der Waals surface area (Å²) in [5.74, 6) is 0.284. The first-order valence-electron chi connectivity index (χ1n) is 15.7. The number of likely N-dealkylation sites (tertiary alicyclic amines) is 2. The van der Waals surface area contributed by atoms with E-state index in [1.807, 2.05) is 9.80 Å². The van der Waals surface area contributed by atoms with Crippen LogP contribution in [0.3, 0.4) is 0 Å². The lowest BCUT2D eigenvalue weighted by Crippen LogP contribution is -2.36. The zero-order chi connectivity index (χ0) is 31.9. The molecule has 238 valence electrons. The van der Waals surface area contributed by atoms with Crippen molar-refractivity contribution < 1.29 is 28.8 Å². The summed E-state index contributed by atoms with van der Waals surface area (Å²) >= 11 is 0. The molecule has 43 heavy (non-hydrogen) atoms. The van der Waals surface area contributed by atoms with Crippen LogP contribution in [0.1, 0.15) is 86.5 Å². The maximum absolute atomic E-state index is 12.2. The monoisotopic (exact) mass is 598 g/mol. The van der Waals surface area contributed by atoms with E-state index in [4.69, 9.17) is 0 Å². The lowest BCUT2D eigenvalue weighted by Gasteiger charge is -2.27. The van der Waals surface area contributed by atoms with Gasteiger partial charge in [0.25, 0.3) is 23.6 Å². The van der Waals surface area contributed by atoms with Gasteiger partial charge in [-0.25, -0.2) is 0 Å². The third-order valence-corrected chi connectivity index (χ3v) is 9.15. The molecular formula is C33H50N4O6. The van der Waals surface area contributed by atoms with Gasteiger partial charge in [0.2, 0.25) is 11.8 Å². The molecule has 4 heterocycles. The lowest BCUT2D eigenvalue weighted by molar-refractivity contribution is -0.139. The summed E-state index contributed by atoms with van der Waals surface area (Å²) in [6.45, 7) is 17.2. The van der Waals surface area contributed by atoms with Crippen LogP contribution >= 0.6 is 0 Å². The van der Waals surface area contributed by atoms with Gasteiger partial charge in [-0.15, -0.1) is 0 Å². The summed E-state index contributed by atoms with van der Waals surface area (Å²) in [7, 11) is 0. The molecule has 10 nitrogen and oxygen atoms in total. The molecule has 0 aromatic rings. The zero-order valence-corrected chi connectivity index (χ0v) is 26.9. The Balaban J connectivity index is 0.000000238. The first-order valence-corrected chi connectivity index (χ1v) is 15.7. The van der Waals surface area contributed by atoms with Crippen LogP contribution in [0.25, 0.3) is 0 Å². The molecule has 0 bridgehead atoms. The summed E-state index contributed by atoms with van der Waals surface area (Å²) in [4.78, 5) is 76.2. The Morgan fingerprint density at radius 1 is 0.605 bits per heavy atom. The standard InChI is InChI=1S/C18H28N2O3.C15H22N2O3/c1-18(2,3)14-10-12-19(13-14)15(21)7-5-4-6-11-20-16(22)8-9-17(20)23;1-15(2,3)11-6-8-16(10-11)12(18)7-9-17-13(19)4-5-14(17)20/h8-9,14H,4-7,10-13H2,1-3H3;4-5,11H,6-10H2,1-3H3. The van der Waals surface area contributed by atoms with Crippen LogP contribution in [-0.4, -0.2) is 94.3 Å². The first-order chi connectivity index (χ1) is 20.1. The number of unbranched alkanes of at least 4 members (excludes halogenated alkanes) is 2. The summed E-state index contributed by atoms with van der Waals surface area (Å²) in [6.07, 6.45) is 10.5. The Hall–Kier alpha value is -3.30. The molecule has 0 aliphatic carbocycles. The number of nitrogens with zero attached hydrogens (tertiary/aromatic N) is 4. The summed E-state index contributed by atoms with van der Waals surface area (Å²) in [5, 5.41) is 0. The molecule has 0 aromatic carbocycles. The van der Waals surface area contributed by atoms with Crippen LogP contribution < -0.4 is 0 Å². The fourth-order valence-electron chi connectivity index (χ4n) is 5.94. The SMILES string of the molecule is CC(C)(C)C1CCN(C(=O)CCCCCN2C(=O)C=CC2=O)C1.CC(C)(C)C1CCN(C(=O)CCN2C(=O)C=CC2=O)C1. The molecule has 4 aliphatic rings. The topological polar surface area (TPSA) is 115 Å². The van der Waals surface area contributed by atoms with Crippen molar-refractivity contribution in [1.82, 2.24) is 19.6 Å². The van der Waals surface area contributed by atoms with Crippen molar-refractivity contribution in [1.29, 1.82) is 0 Å². The molecular weight excluding hydrogens is 548 g/mol. The minimum absolute atomic E-state index is 0.0317. The maximum atomic E-state index is 12.2. The second-order valence-corrected chi connectivity index (χ2v) is 14.3. The van der Waals surface area contributed by atoms with Crippen molar-refractivity contribution in [3.8, 4) is 0 Å². The van der Waals surface area contributed by atoms with Crippen molar-refractivity contribution in [2.45, 2.75) is 86.5 Å². The number of carbonyl (C=O) groups excluding carboxylic acids is 6. The molecule has 4 aliphatic heterocycles. The van der Waals surface area contributed by atoms with Crippen LogP contribution in [0, 0.1) is 22.7 Å². The fraction of sp³-hybridized carbons (Fsp3) is 0.697. The number of carbonyl (C=O) groups is 6. The molecule has 0 N–H and O–H groups in total. The van der Waals surface area contributed by atoms with Crippen LogP contribution in [-0.2, 0) is 28.8 Å². The number of rotatable bonds is 9. The van der Waals surface area contributed by atoms with Crippen LogP contribution in [0.4, 0.5) is 0 Å². The lowest BCUT2D eigenvalue weighted by atomic mass is 9.80. The highest BCUT2D eigenvalue weighted by molar-refractivity contribution is 6.13. The average molecular weight is 599 g/mol. The van der Waals surface area contributed by atoms with Crippen LogP contribution in [0.5, 0.6) is 0 Å². The van der Waals surface area contributed by atoms with Gasteiger partial charge in [-0.3, -0.25) is 38.6 Å². The minimum atomic E-state index is -0.322. The highest BCUT2D eigenvalue weighted by atomic mass is 16.2. The van der Waals surface area contributed by atoms with E-state index in [9.17, 15) is 28.8 Å². The van der Waals surface area contributed by atoms with E-state index < -0.39 is 0 Å². The number of imide groups is 2. The number of hydrogen-bond acceptors (Lipinski definition) is 6. The largest absolute Gasteiger partial charge is 0.342 e. The Labute approximate surface area is 256 Å². The summed E-state index contributed by atoms with van der Waals surface area (Å²) in [5.41, 5.74) is 0.470. The van der Waals surface area contributed by atoms with E-state index in [1.54, 1.807) is 0 Å². The van der Waals surface area contributed by atoms with E-state index in [1.165, 1.54) is 29.2 Å². The maximum Gasteiger partial charge on any atom is 0.253 e. The quantitative estimate of drug-likeness (QED) is 0.296. The Bertz CT molecular complexity index is 1110. The Kier molecular flexibility index (Phi) is 11.5. The number of amides is 6. The average Bonchev–Trinajstić information content (AvgIpc) is 3.72. The van der Waals surface area contributed by atoms with Crippen molar-refractivity contribution >= 4 is 35.4 Å². The van der Waals surface area contributed by atoms with Gasteiger partial charge in [0, 0.05) is 76.4 Å². The van der Waals surface area contributed by atoms with Crippen molar-refractivity contribution in [3.63, 3.8) is 0 Å². The molecule has 2 atom stereocenters. The second-order valence-electron chi connectivity index (χ2n) is 14.3. The van der Waals surface area contributed by atoms with Gasteiger partial charge in [0.1, 0.15) is 0 Å². The van der Waals surface area contributed by atoms with Gasteiger partial charge < -0.3 is 9.80 Å². The van der Waals surface area contributed by atoms with Crippen molar-refractivity contribution in [3.05, 3.63) is 24.3 Å². The first kappa shape index (κ1) is 34.2. The molecule has 0 spiro atoms. The van der Waals surface area contributed by atoms with E-state index in [2.05, 4.69) is 41.5 Å². The molecule has 4 rings (SSSR count). The Morgan fingerprint density at radius 3 is 1.40 bits per heavy atom. The molecule has 10 heteroatoms. The van der Waals surface area contributed by atoms with Gasteiger partial charge in [0.05, 0.1) is 0 Å². The molecule has 2 saturated heterocycles. The van der Waals surface area contributed by atoms with E-state index in [0.29, 0.717) is 24.8 Å². The van der Waals surface area contributed by atoms with Crippen LogP contribution in [0.15, 0.2) is 24.3 Å². The predicted molar refractivity (Wildman–Crippen MR) is 163 cm³/mol. The highest BCUT2D eigenvalue weighted by Gasteiger charge is 2.35. The molecule has 0 aromatic heterocycles. The second kappa shape index (κ2) is 14.4. The van der Waals surface area contributed by atoms with Crippen LogP contribution in [0.2, 0.25) is 0 Å². The number of hydrogen-bond donors (Lipinski definition) is 0. The van der Waals surface area contributed by atoms with Crippen molar-refractivity contribution in [2.75, 3.05) is 39.3 Å². The summed E-state index contributed by atoms with van der Waals surface area (Å²) in [6, 6.07) is 0. The van der Waals surface area contributed by atoms with Gasteiger partial charge in [-0.1, -0.05) is 48.0 Å². The summed E-state index contributed by atoms with van der Waals surface area (Å²) < 4.78 is 0. The third-order valence-electron chi connectivity index (χ3n) is 9.15. The van der Waals surface area contributed by atoms with Gasteiger partial charge in [-0.05, 0) is 48.3 Å². The predicted octanol–water partition coefficient (Wildman–Crippen LogP) is 3.56. The molecule has 0 radical (unpaired) electrons. The van der Waals surface area contributed by atoms with E-state index >= 15 is 0 Å².